The van der Waals surface area contributed by atoms with Crippen LogP contribution in [0.2, 0.25) is 10.0 Å². The molecule has 0 aliphatic carbocycles. The quantitative estimate of drug-likeness (QED) is 0.860. The van der Waals surface area contributed by atoms with Crippen LogP contribution < -0.4 is 5.73 Å². The minimum Gasteiger partial charge on any atom is -0.397 e. The molecule has 0 aliphatic rings. The van der Waals surface area contributed by atoms with Gasteiger partial charge in [0.05, 0.1) is 16.3 Å². The van der Waals surface area contributed by atoms with E-state index in [2.05, 4.69) is 4.36 Å². The largest absolute Gasteiger partial charge is 0.397 e. The van der Waals surface area contributed by atoms with E-state index in [9.17, 15) is 4.79 Å². The van der Waals surface area contributed by atoms with Gasteiger partial charge in [-0.15, -0.1) is 0 Å². The molecule has 1 amide bonds. The normalized spacial score (nSPS) is 13.0. The molecule has 0 saturated heterocycles. The summed E-state index contributed by atoms with van der Waals surface area (Å²) in [5, 5.41) is 0.991. The number of benzene rings is 1. The molecule has 1 atom stereocenters. The maximum atomic E-state index is 12.1. The van der Waals surface area contributed by atoms with E-state index in [-0.39, 0.29) is 32.9 Å². The van der Waals surface area contributed by atoms with E-state index in [1.807, 2.05) is 20.8 Å². The maximum absolute atomic E-state index is 12.1. The molecule has 2 N–H and O–H groups in total. The number of halogens is 2. The van der Waals surface area contributed by atoms with Crippen LogP contribution in [-0.2, 0) is 10.7 Å². The van der Waals surface area contributed by atoms with E-state index in [0.29, 0.717) is 10.3 Å². The second kappa shape index (κ2) is 6.55. The number of rotatable bonds is 3. The smallest absolute Gasteiger partial charge is 0.285 e. The van der Waals surface area contributed by atoms with Gasteiger partial charge in [0.1, 0.15) is 0 Å². The van der Waals surface area contributed by atoms with Gasteiger partial charge < -0.3 is 5.73 Å². The van der Waals surface area contributed by atoms with Gasteiger partial charge in [0.15, 0.2) is 0 Å². The molecule has 0 radical (unpaired) electrons. The number of hydrogen-bond acceptors (Lipinski definition) is 2. The monoisotopic (exact) mass is 306 g/mol. The molecule has 100 valence electrons. The average Bonchev–Trinajstić information content (AvgIpc) is 2.29. The molecule has 0 aromatic heterocycles. The molecule has 1 rings (SSSR count). The lowest BCUT2D eigenvalue weighted by molar-refractivity contribution is 0.101. The second-order valence-electron chi connectivity index (χ2n) is 3.98. The summed E-state index contributed by atoms with van der Waals surface area (Å²) in [5.74, 6) is 0.480. The summed E-state index contributed by atoms with van der Waals surface area (Å²) in [7, 11) is -0.302. The third-order valence-corrected chi connectivity index (χ3v) is 4.98. The predicted molar refractivity (Wildman–Crippen MR) is 80.7 cm³/mol. The number of carbonyl (C=O) groups is 1. The summed E-state index contributed by atoms with van der Waals surface area (Å²) in [5.41, 5.74) is 6.29. The fourth-order valence-electron chi connectivity index (χ4n) is 1.42. The van der Waals surface area contributed by atoms with E-state index in [0.717, 1.165) is 5.75 Å². The summed E-state index contributed by atoms with van der Waals surface area (Å²) in [6.07, 6.45) is 0. The summed E-state index contributed by atoms with van der Waals surface area (Å²) >= 11 is 11.8. The Labute approximate surface area is 120 Å². The number of hydrogen-bond donors (Lipinski definition) is 1. The van der Waals surface area contributed by atoms with Crippen molar-refractivity contribution in [3.8, 4) is 0 Å². The molecule has 1 aromatic carbocycles. The average molecular weight is 307 g/mol. The van der Waals surface area contributed by atoms with Crippen molar-refractivity contribution in [1.82, 2.24) is 0 Å². The van der Waals surface area contributed by atoms with Crippen LogP contribution in [0.4, 0.5) is 5.69 Å². The van der Waals surface area contributed by atoms with Crippen LogP contribution in [-0.4, -0.2) is 16.9 Å². The molecule has 0 saturated carbocycles. The molecule has 18 heavy (non-hydrogen) atoms. The Kier molecular flexibility index (Phi) is 5.63. The van der Waals surface area contributed by atoms with Crippen LogP contribution in [0.25, 0.3) is 0 Å². The molecule has 0 heterocycles. The van der Waals surface area contributed by atoms with Gasteiger partial charge in [-0.1, -0.05) is 54.7 Å². The highest BCUT2D eigenvalue weighted by Gasteiger charge is 2.14. The topological polar surface area (TPSA) is 55.5 Å². The van der Waals surface area contributed by atoms with E-state index >= 15 is 0 Å². The van der Waals surface area contributed by atoms with Gasteiger partial charge in [-0.2, -0.15) is 4.36 Å². The van der Waals surface area contributed by atoms with Gasteiger partial charge >= 0.3 is 0 Å². The van der Waals surface area contributed by atoms with Crippen molar-refractivity contribution in [2.45, 2.75) is 26.0 Å². The molecule has 1 aromatic rings. The van der Waals surface area contributed by atoms with Crippen molar-refractivity contribution >= 4 is 45.5 Å². The Hall–Kier alpha value is -0.580. The van der Waals surface area contributed by atoms with Crippen molar-refractivity contribution in [2.24, 2.45) is 4.36 Å². The van der Waals surface area contributed by atoms with E-state index in [1.165, 1.54) is 12.1 Å². The molecule has 0 spiro atoms. The molecular weight excluding hydrogens is 291 g/mol. The van der Waals surface area contributed by atoms with E-state index in [4.69, 9.17) is 28.9 Å². The molecule has 0 fully saturated rings. The first-order valence-corrected chi connectivity index (χ1v) is 7.74. The predicted octanol–water partition coefficient (Wildman–Crippen LogP) is 3.95. The lowest BCUT2D eigenvalue weighted by atomic mass is 10.2. The van der Waals surface area contributed by atoms with Crippen molar-refractivity contribution in [1.29, 1.82) is 0 Å². The first-order valence-electron chi connectivity index (χ1n) is 5.57. The number of nitrogen functional groups attached to an aromatic ring is 1. The Morgan fingerprint density at radius 1 is 1.44 bits per heavy atom. The highest BCUT2D eigenvalue weighted by Crippen LogP contribution is 2.28. The number of amides is 1. The first kappa shape index (κ1) is 15.5. The van der Waals surface area contributed by atoms with Gasteiger partial charge in [-0.3, -0.25) is 4.79 Å². The Morgan fingerprint density at radius 3 is 2.56 bits per heavy atom. The van der Waals surface area contributed by atoms with Crippen LogP contribution in [0.5, 0.6) is 0 Å². The fraction of sp³-hybridized carbons (Fsp3) is 0.417. The van der Waals surface area contributed by atoms with Gasteiger partial charge in [0.2, 0.25) is 0 Å². The lowest BCUT2D eigenvalue weighted by Gasteiger charge is -2.10. The van der Waals surface area contributed by atoms with Crippen LogP contribution in [0.15, 0.2) is 16.5 Å². The SMILES string of the molecule is CCS(=NC(=O)c1cc(Cl)cc(Cl)c1N)C(C)C. The van der Waals surface area contributed by atoms with Gasteiger partial charge in [0, 0.05) is 16.0 Å². The number of carbonyl (C=O) groups excluding carboxylic acids is 1. The van der Waals surface area contributed by atoms with Crippen LogP contribution in [0.3, 0.4) is 0 Å². The zero-order valence-corrected chi connectivity index (χ0v) is 12.9. The zero-order chi connectivity index (χ0) is 13.9. The third kappa shape index (κ3) is 3.70. The van der Waals surface area contributed by atoms with Gasteiger partial charge in [0.25, 0.3) is 5.91 Å². The molecule has 1 unspecified atom stereocenters. The maximum Gasteiger partial charge on any atom is 0.285 e. The minimum absolute atomic E-state index is 0.234. The summed E-state index contributed by atoms with van der Waals surface area (Å²) < 4.78 is 4.20. The van der Waals surface area contributed by atoms with Gasteiger partial charge in [-0.05, 0) is 12.1 Å². The van der Waals surface area contributed by atoms with Crippen LogP contribution in [0.1, 0.15) is 31.1 Å². The van der Waals surface area contributed by atoms with E-state index < -0.39 is 0 Å². The lowest BCUT2D eigenvalue weighted by Crippen LogP contribution is -2.11. The molecule has 0 aliphatic heterocycles. The third-order valence-electron chi connectivity index (χ3n) is 2.36. The van der Waals surface area contributed by atoms with Crippen molar-refractivity contribution in [2.75, 3.05) is 11.5 Å². The number of anilines is 1. The zero-order valence-electron chi connectivity index (χ0n) is 10.5. The fourth-order valence-corrected chi connectivity index (χ4v) is 3.23. The standard InChI is InChI=1S/C12H16Cl2N2OS/c1-4-18(7(2)3)16-12(17)9-5-8(13)6-10(14)11(9)15/h5-7H,4,15H2,1-3H3. The minimum atomic E-state index is -0.351. The summed E-state index contributed by atoms with van der Waals surface area (Å²) in [6.45, 7) is 6.09. The Bertz CT molecular complexity index is 501. The van der Waals surface area contributed by atoms with E-state index in [1.54, 1.807) is 0 Å². The van der Waals surface area contributed by atoms with Crippen molar-refractivity contribution in [3.05, 3.63) is 27.7 Å². The van der Waals surface area contributed by atoms with Crippen LogP contribution >= 0.6 is 23.2 Å². The second-order valence-corrected chi connectivity index (χ2v) is 7.33. The Balaban J connectivity index is 3.19. The highest BCUT2D eigenvalue weighted by atomic mass is 35.5. The van der Waals surface area contributed by atoms with Crippen molar-refractivity contribution in [3.63, 3.8) is 0 Å². The first-order chi connectivity index (χ1) is 8.36. The molecule has 3 nitrogen and oxygen atoms in total. The number of nitrogens with zero attached hydrogens (tertiary/aromatic N) is 1. The molecular formula is C12H16Cl2N2OS. The summed E-state index contributed by atoms with van der Waals surface area (Å²) in [4.78, 5) is 12.1. The molecule has 0 bridgehead atoms. The Morgan fingerprint density at radius 2 is 2.06 bits per heavy atom. The number of nitrogens with two attached hydrogens (primary N) is 1. The molecule has 6 heteroatoms. The van der Waals surface area contributed by atoms with Gasteiger partial charge in [-0.25, -0.2) is 0 Å². The van der Waals surface area contributed by atoms with Crippen molar-refractivity contribution < 1.29 is 4.79 Å². The van der Waals surface area contributed by atoms with Crippen LogP contribution in [0, 0.1) is 0 Å². The highest BCUT2D eigenvalue weighted by molar-refractivity contribution is 7.88. The summed E-state index contributed by atoms with van der Waals surface area (Å²) in [6, 6.07) is 3.02.